The molecule has 17 heavy (non-hydrogen) atoms. The molecule has 1 aromatic rings. The summed E-state index contributed by atoms with van der Waals surface area (Å²) in [6, 6.07) is 5.01. The second-order valence-corrected chi connectivity index (χ2v) is 3.76. The van der Waals surface area contributed by atoms with Gasteiger partial charge in [-0.05, 0) is 12.1 Å². The molecule has 2 rings (SSSR count). The number of aromatic nitrogens is 1. The van der Waals surface area contributed by atoms with Crippen LogP contribution in [0.4, 0.5) is 5.82 Å². The van der Waals surface area contributed by atoms with Crippen LogP contribution in [0.3, 0.4) is 0 Å². The Hall–Kier alpha value is -2.42. The molecule has 6 nitrogen and oxygen atoms in total. The van der Waals surface area contributed by atoms with Gasteiger partial charge in [-0.2, -0.15) is 5.26 Å². The van der Waals surface area contributed by atoms with Gasteiger partial charge in [0.15, 0.2) is 0 Å². The van der Waals surface area contributed by atoms with Gasteiger partial charge in [-0.1, -0.05) is 0 Å². The molecule has 1 aliphatic rings. The van der Waals surface area contributed by atoms with E-state index in [1.165, 1.54) is 11.1 Å². The van der Waals surface area contributed by atoms with Gasteiger partial charge in [-0.3, -0.25) is 14.5 Å². The summed E-state index contributed by atoms with van der Waals surface area (Å²) in [7, 11) is 0. The Labute approximate surface area is 97.1 Å². The van der Waals surface area contributed by atoms with Gasteiger partial charge >= 0.3 is 5.97 Å². The van der Waals surface area contributed by atoms with E-state index in [0.717, 1.165) is 0 Å². The number of pyridine rings is 1. The lowest BCUT2D eigenvalue weighted by molar-refractivity contribution is -0.141. The third kappa shape index (κ3) is 2.08. The summed E-state index contributed by atoms with van der Waals surface area (Å²) in [5.74, 6) is -1.53. The normalized spacial score (nSPS) is 19.1. The van der Waals surface area contributed by atoms with E-state index in [1.54, 1.807) is 12.1 Å². The number of hydrogen-bond donors (Lipinski definition) is 1. The largest absolute Gasteiger partial charge is 0.481 e. The molecule has 1 amide bonds. The second-order valence-electron chi connectivity index (χ2n) is 3.76. The van der Waals surface area contributed by atoms with Gasteiger partial charge in [0.2, 0.25) is 5.91 Å². The quantitative estimate of drug-likeness (QED) is 0.794. The molecule has 6 heteroatoms. The summed E-state index contributed by atoms with van der Waals surface area (Å²) < 4.78 is 0. The maximum atomic E-state index is 11.6. The molecule has 0 radical (unpaired) electrons. The summed E-state index contributed by atoms with van der Waals surface area (Å²) >= 11 is 0. The lowest BCUT2D eigenvalue weighted by Gasteiger charge is -2.14. The van der Waals surface area contributed by atoms with Crippen molar-refractivity contribution in [2.75, 3.05) is 11.4 Å². The first-order valence-corrected chi connectivity index (χ1v) is 5.01. The Morgan fingerprint density at radius 2 is 2.35 bits per heavy atom. The van der Waals surface area contributed by atoms with Crippen LogP contribution in [0.25, 0.3) is 0 Å². The highest BCUT2D eigenvalue weighted by atomic mass is 16.4. The standard InChI is InChI=1S/C11H9N3O3/c12-4-7-1-2-9(13-5-7)14-6-8(11(16)17)3-10(14)15/h1-2,5,8H,3,6H2,(H,16,17). The van der Waals surface area contributed by atoms with Crippen molar-refractivity contribution in [3.63, 3.8) is 0 Å². The maximum absolute atomic E-state index is 11.6. The molecule has 1 fully saturated rings. The Bertz CT molecular complexity index is 504. The lowest BCUT2D eigenvalue weighted by atomic mass is 10.1. The minimum absolute atomic E-state index is 0.00296. The van der Waals surface area contributed by atoms with Gasteiger partial charge in [0.05, 0.1) is 11.5 Å². The van der Waals surface area contributed by atoms with Gasteiger partial charge in [-0.25, -0.2) is 4.98 Å². The van der Waals surface area contributed by atoms with Crippen molar-refractivity contribution in [2.24, 2.45) is 5.92 Å². The van der Waals surface area contributed by atoms with Crippen LogP contribution in [0.5, 0.6) is 0 Å². The van der Waals surface area contributed by atoms with Crippen LogP contribution in [-0.4, -0.2) is 28.5 Å². The molecule has 1 aromatic heterocycles. The van der Waals surface area contributed by atoms with Gasteiger partial charge in [-0.15, -0.1) is 0 Å². The van der Waals surface area contributed by atoms with Crippen molar-refractivity contribution >= 4 is 17.7 Å². The van der Waals surface area contributed by atoms with E-state index in [2.05, 4.69) is 4.98 Å². The highest BCUT2D eigenvalue weighted by molar-refractivity contribution is 5.98. The second kappa shape index (κ2) is 4.22. The molecule has 0 aliphatic carbocycles. The number of amides is 1. The van der Waals surface area contributed by atoms with Crippen LogP contribution in [0.1, 0.15) is 12.0 Å². The van der Waals surface area contributed by atoms with Gasteiger partial charge in [0, 0.05) is 19.2 Å². The van der Waals surface area contributed by atoms with Gasteiger partial charge in [0.25, 0.3) is 0 Å². The van der Waals surface area contributed by atoms with Crippen molar-refractivity contribution in [1.82, 2.24) is 4.98 Å². The summed E-state index contributed by atoms with van der Waals surface area (Å²) in [5, 5.41) is 17.4. The number of nitrogens with zero attached hydrogens (tertiary/aromatic N) is 3. The molecule has 0 saturated carbocycles. The molecule has 0 aromatic carbocycles. The average molecular weight is 231 g/mol. The fourth-order valence-corrected chi connectivity index (χ4v) is 1.71. The van der Waals surface area contributed by atoms with E-state index in [-0.39, 0.29) is 18.9 Å². The monoisotopic (exact) mass is 231 g/mol. The van der Waals surface area contributed by atoms with Crippen molar-refractivity contribution in [3.05, 3.63) is 23.9 Å². The molecule has 1 saturated heterocycles. The Balaban J connectivity index is 2.20. The smallest absolute Gasteiger partial charge is 0.308 e. The third-order valence-electron chi connectivity index (χ3n) is 2.63. The minimum Gasteiger partial charge on any atom is -0.481 e. The van der Waals surface area contributed by atoms with Crippen molar-refractivity contribution < 1.29 is 14.7 Å². The zero-order chi connectivity index (χ0) is 12.4. The first-order chi connectivity index (χ1) is 8.11. The first-order valence-electron chi connectivity index (χ1n) is 5.01. The van der Waals surface area contributed by atoms with E-state index in [4.69, 9.17) is 10.4 Å². The molecule has 0 spiro atoms. The highest BCUT2D eigenvalue weighted by Crippen LogP contribution is 2.23. The van der Waals surface area contributed by atoms with Gasteiger partial charge < -0.3 is 5.11 Å². The lowest BCUT2D eigenvalue weighted by Crippen LogP contribution is -2.26. The van der Waals surface area contributed by atoms with E-state index < -0.39 is 11.9 Å². The molecule has 1 N–H and O–H groups in total. The summed E-state index contributed by atoms with van der Waals surface area (Å²) in [6.07, 6.45) is 1.35. The topological polar surface area (TPSA) is 94.3 Å². The molecule has 1 atom stereocenters. The van der Waals surface area contributed by atoms with Crippen molar-refractivity contribution in [3.8, 4) is 6.07 Å². The SMILES string of the molecule is N#Cc1ccc(N2CC(C(=O)O)CC2=O)nc1. The van der Waals surface area contributed by atoms with Crippen LogP contribution < -0.4 is 4.90 Å². The number of nitriles is 1. The Kier molecular flexibility index (Phi) is 2.75. The molecule has 2 heterocycles. The minimum atomic E-state index is -0.977. The Morgan fingerprint density at radius 3 is 2.82 bits per heavy atom. The van der Waals surface area contributed by atoms with Crippen LogP contribution in [-0.2, 0) is 9.59 Å². The number of anilines is 1. The third-order valence-corrected chi connectivity index (χ3v) is 2.63. The molecule has 1 aliphatic heterocycles. The number of carboxylic acids is 1. The van der Waals surface area contributed by atoms with E-state index in [0.29, 0.717) is 11.4 Å². The number of carboxylic acid groups (broad SMARTS) is 1. The molecular weight excluding hydrogens is 222 g/mol. The average Bonchev–Trinajstić information content (AvgIpc) is 2.72. The summed E-state index contributed by atoms with van der Waals surface area (Å²) in [6.45, 7) is 0.132. The van der Waals surface area contributed by atoms with Crippen LogP contribution in [0, 0.1) is 17.2 Å². The fraction of sp³-hybridized carbons (Fsp3) is 0.273. The van der Waals surface area contributed by atoms with E-state index >= 15 is 0 Å². The first kappa shape index (κ1) is 11.1. The zero-order valence-corrected chi connectivity index (χ0v) is 8.83. The maximum Gasteiger partial charge on any atom is 0.308 e. The van der Waals surface area contributed by atoms with Crippen LogP contribution >= 0.6 is 0 Å². The summed E-state index contributed by atoms with van der Waals surface area (Å²) in [5.41, 5.74) is 0.398. The number of rotatable bonds is 2. The number of hydrogen-bond acceptors (Lipinski definition) is 4. The molecular formula is C11H9N3O3. The zero-order valence-electron chi connectivity index (χ0n) is 8.83. The molecule has 86 valence electrons. The number of carbonyl (C=O) groups excluding carboxylic acids is 1. The van der Waals surface area contributed by atoms with Gasteiger partial charge in [0.1, 0.15) is 11.9 Å². The molecule has 1 unspecified atom stereocenters. The highest BCUT2D eigenvalue weighted by Gasteiger charge is 2.35. The molecule has 0 bridgehead atoms. The van der Waals surface area contributed by atoms with E-state index in [9.17, 15) is 9.59 Å². The van der Waals surface area contributed by atoms with Crippen LogP contribution in [0.2, 0.25) is 0 Å². The predicted octanol–water partition coefficient (Wildman–Crippen LogP) is 0.391. The van der Waals surface area contributed by atoms with Crippen molar-refractivity contribution in [1.29, 1.82) is 5.26 Å². The summed E-state index contributed by atoms with van der Waals surface area (Å²) in [4.78, 5) is 27.7. The fourth-order valence-electron chi connectivity index (χ4n) is 1.71. The predicted molar refractivity (Wildman–Crippen MR) is 57.0 cm³/mol. The number of aliphatic carboxylic acids is 1. The number of carbonyl (C=O) groups is 2. The van der Waals surface area contributed by atoms with Crippen LogP contribution in [0.15, 0.2) is 18.3 Å². The van der Waals surface area contributed by atoms with E-state index in [1.807, 2.05) is 6.07 Å². The Morgan fingerprint density at radius 1 is 1.59 bits per heavy atom. The van der Waals surface area contributed by atoms with Crippen molar-refractivity contribution in [2.45, 2.75) is 6.42 Å².